The molecule has 0 amide bonds. The van der Waals surface area contributed by atoms with E-state index in [9.17, 15) is 4.79 Å². The van der Waals surface area contributed by atoms with Crippen LogP contribution in [0.25, 0.3) is 0 Å². The predicted octanol–water partition coefficient (Wildman–Crippen LogP) is 3.96. The molecule has 0 radical (unpaired) electrons. The lowest BCUT2D eigenvalue weighted by atomic mass is 10.2. The molecular formula is C10H12Br2O2S2. The van der Waals surface area contributed by atoms with Gasteiger partial charge < -0.3 is 5.11 Å². The van der Waals surface area contributed by atoms with Gasteiger partial charge in [-0.25, -0.2) is 0 Å². The summed E-state index contributed by atoms with van der Waals surface area (Å²) in [5.41, 5.74) is 0.737. The van der Waals surface area contributed by atoms with Crippen molar-refractivity contribution in [3.63, 3.8) is 0 Å². The third-order valence-corrected chi connectivity index (χ3v) is 5.56. The molecule has 1 unspecified atom stereocenters. The Balaban J connectivity index is 2.50. The maximum Gasteiger partial charge on any atom is 0.174 e. The lowest BCUT2D eigenvalue weighted by Gasteiger charge is -2.07. The summed E-state index contributed by atoms with van der Waals surface area (Å²) in [4.78, 5) is 11.9. The number of hydrogen-bond acceptors (Lipinski definition) is 4. The van der Waals surface area contributed by atoms with E-state index >= 15 is 0 Å². The first-order chi connectivity index (χ1) is 7.54. The Morgan fingerprint density at radius 3 is 2.81 bits per heavy atom. The van der Waals surface area contributed by atoms with Gasteiger partial charge in [-0.3, -0.25) is 4.79 Å². The molecular weight excluding hydrogens is 376 g/mol. The number of hydrogen-bond donors (Lipinski definition) is 1. The van der Waals surface area contributed by atoms with Gasteiger partial charge in [-0.05, 0) is 44.3 Å². The van der Waals surface area contributed by atoms with E-state index in [2.05, 4.69) is 31.9 Å². The molecule has 0 fully saturated rings. The first-order valence-corrected chi connectivity index (χ1v) is 8.20. The van der Waals surface area contributed by atoms with E-state index in [4.69, 9.17) is 5.11 Å². The van der Waals surface area contributed by atoms with Crippen LogP contribution in [0.15, 0.2) is 13.6 Å². The molecule has 1 atom stereocenters. The number of carbonyl (C=O) groups is 1. The highest BCUT2D eigenvalue weighted by Gasteiger charge is 2.14. The van der Waals surface area contributed by atoms with Gasteiger partial charge >= 0.3 is 0 Å². The van der Waals surface area contributed by atoms with Gasteiger partial charge in [0.1, 0.15) is 0 Å². The summed E-state index contributed by atoms with van der Waals surface area (Å²) in [6.45, 7) is 2.20. The number of thioether (sulfide) groups is 1. The van der Waals surface area contributed by atoms with E-state index in [1.807, 2.05) is 13.0 Å². The Morgan fingerprint density at radius 1 is 1.62 bits per heavy atom. The van der Waals surface area contributed by atoms with Crippen LogP contribution in [0.2, 0.25) is 0 Å². The summed E-state index contributed by atoms with van der Waals surface area (Å²) < 4.78 is 1.83. The van der Waals surface area contributed by atoms with Gasteiger partial charge in [0.05, 0.1) is 13.3 Å². The van der Waals surface area contributed by atoms with E-state index in [-0.39, 0.29) is 12.4 Å². The van der Waals surface area contributed by atoms with Gasteiger partial charge in [-0.1, -0.05) is 6.92 Å². The Bertz CT molecular complexity index is 366. The van der Waals surface area contributed by atoms with Gasteiger partial charge in [0.15, 0.2) is 5.78 Å². The van der Waals surface area contributed by atoms with Crippen molar-refractivity contribution < 1.29 is 9.90 Å². The Hall–Kier alpha value is 0.640. The van der Waals surface area contributed by atoms with Crippen LogP contribution in [-0.2, 0) is 0 Å². The molecule has 0 aliphatic rings. The normalized spacial score (nSPS) is 12.8. The number of carbonyl (C=O) groups excluding carboxylic acids is 1. The van der Waals surface area contributed by atoms with Gasteiger partial charge in [0.2, 0.25) is 0 Å². The molecule has 0 saturated carbocycles. The summed E-state index contributed by atoms with van der Waals surface area (Å²) in [6, 6.07) is 1.84. The van der Waals surface area contributed by atoms with E-state index < -0.39 is 0 Å². The zero-order valence-electron chi connectivity index (χ0n) is 8.70. The SMILES string of the molecule is CC(CCO)SCC(=O)c1cc(Br)sc1Br. The predicted molar refractivity (Wildman–Crippen MR) is 77.7 cm³/mol. The second-order valence-electron chi connectivity index (χ2n) is 3.29. The van der Waals surface area contributed by atoms with Crippen molar-refractivity contribution in [1.82, 2.24) is 0 Å². The van der Waals surface area contributed by atoms with Crippen LogP contribution in [0.3, 0.4) is 0 Å². The quantitative estimate of drug-likeness (QED) is 0.750. The minimum Gasteiger partial charge on any atom is -0.396 e. The number of ketones is 1. The molecule has 1 aromatic heterocycles. The maximum absolute atomic E-state index is 11.9. The average Bonchev–Trinajstić information content (AvgIpc) is 2.55. The minimum absolute atomic E-state index is 0.128. The second kappa shape index (κ2) is 7.16. The van der Waals surface area contributed by atoms with Gasteiger partial charge in [-0.15, -0.1) is 11.3 Å². The van der Waals surface area contributed by atoms with Crippen molar-refractivity contribution >= 4 is 60.7 Å². The summed E-state index contributed by atoms with van der Waals surface area (Å²) >= 11 is 9.81. The topological polar surface area (TPSA) is 37.3 Å². The van der Waals surface area contributed by atoms with Gasteiger partial charge in [0, 0.05) is 17.4 Å². The van der Waals surface area contributed by atoms with Crippen LogP contribution in [-0.4, -0.2) is 28.5 Å². The molecule has 1 aromatic rings. The van der Waals surface area contributed by atoms with Crippen molar-refractivity contribution in [2.75, 3.05) is 12.4 Å². The largest absolute Gasteiger partial charge is 0.396 e. The van der Waals surface area contributed by atoms with Crippen LogP contribution in [0.1, 0.15) is 23.7 Å². The van der Waals surface area contributed by atoms with Gasteiger partial charge in [-0.2, -0.15) is 11.8 Å². The molecule has 90 valence electrons. The van der Waals surface area contributed by atoms with Crippen LogP contribution >= 0.6 is 55.0 Å². The maximum atomic E-state index is 11.9. The zero-order valence-corrected chi connectivity index (χ0v) is 13.5. The van der Waals surface area contributed by atoms with Gasteiger partial charge in [0.25, 0.3) is 0 Å². The molecule has 0 spiro atoms. The van der Waals surface area contributed by atoms with Crippen LogP contribution in [0.4, 0.5) is 0 Å². The van der Waals surface area contributed by atoms with Crippen LogP contribution < -0.4 is 0 Å². The molecule has 16 heavy (non-hydrogen) atoms. The first-order valence-electron chi connectivity index (χ1n) is 4.75. The third kappa shape index (κ3) is 4.49. The van der Waals surface area contributed by atoms with Crippen LogP contribution in [0.5, 0.6) is 0 Å². The lowest BCUT2D eigenvalue weighted by Crippen LogP contribution is -2.07. The van der Waals surface area contributed by atoms with E-state index in [0.29, 0.717) is 11.0 Å². The molecule has 6 heteroatoms. The average molecular weight is 388 g/mol. The van der Waals surface area contributed by atoms with E-state index in [1.54, 1.807) is 11.8 Å². The second-order valence-corrected chi connectivity index (χ2v) is 8.47. The van der Waals surface area contributed by atoms with E-state index in [1.165, 1.54) is 11.3 Å². The van der Waals surface area contributed by atoms with Crippen molar-refractivity contribution in [2.45, 2.75) is 18.6 Å². The standard InChI is InChI=1S/C10H12Br2O2S2/c1-6(2-3-13)15-5-8(14)7-4-9(11)16-10(7)12/h4,6,13H,2-3,5H2,1H3. The monoisotopic (exact) mass is 386 g/mol. The third-order valence-electron chi connectivity index (χ3n) is 1.99. The minimum atomic E-state index is 0.128. The molecule has 0 saturated heterocycles. The molecule has 0 bridgehead atoms. The highest BCUT2D eigenvalue weighted by molar-refractivity contribution is 9.12. The Labute approximate surface area is 120 Å². The fraction of sp³-hybridized carbons (Fsp3) is 0.500. The molecule has 1 heterocycles. The van der Waals surface area contributed by atoms with Crippen molar-refractivity contribution in [1.29, 1.82) is 0 Å². The number of aliphatic hydroxyl groups excluding tert-OH is 1. The molecule has 0 aromatic carbocycles. The molecule has 1 rings (SSSR count). The molecule has 0 aliphatic carbocycles. The zero-order chi connectivity index (χ0) is 12.1. The van der Waals surface area contributed by atoms with Crippen molar-refractivity contribution in [3.05, 3.63) is 19.2 Å². The molecule has 2 nitrogen and oxygen atoms in total. The molecule has 1 N–H and O–H groups in total. The first kappa shape index (κ1) is 14.7. The number of Topliss-reactive ketones (excluding diaryl/α,β-unsaturated/α-hetero) is 1. The smallest absolute Gasteiger partial charge is 0.174 e. The summed E-state index contributed by atoms with van der Waals surface area (Å²) in [5.74, 6) is 0.590. The fourth-order valence-corrected chi connectivity index (χ4v) is 4.81. The summed E-state index contributed by atoms with van der Waals surface area (Å²) in [6.07, 6.45) is 0.729. The number of thiophene rings is 1. The van der Waals surface area contributed by atoms with Crippen molar-refractivity contribution in [2.24, 2.45) is 0 Å². The highest BCUT2D eigenvalue weighted by atomic mass is 79.9. The number of rotatable bonds is 6. The molecule has 0 aliphatic heterocycles. The fourth-order valence-electron chi connectivity index (χ4n) is 1.09. The summed E-state index contributed by atoms with van der Waals surface area (Å²) in [7, 11) is 0. The Kier molecular flexibility index (Phi) is 6.58. The van der Waals surface area contributed by atoms with Crippen LogP contribution in [0, 0.1) is 0 Å². The number of halogens is 2. The summed E-state index contributed by atoms with van der Waals surface area (Å²) in [5, 5.41) is 9.07. The number of aliphatic hydroxyl groups is 1. The Morgan fingerprint density at radius 2 is 2.31 bits per heavy atom. The highest BCUT2D eigenvalue weighted by Crippen LogP contribution is 2.32. The lowest BCUT2D eigenvalue weighted by molar-refractivity contribution is 0.102. The van der Waals surface area contributed by atoms with E-state index in [0.717, 1.165) is 19.6 Å². The van der Waals surface area contributed by atoms with Crippen molar-refractivity contribution in [3.8, 4) is 0 Å².